The van der Waals surface area contributed by atoms with Gasteiger partial charge < -0.3 is 20.5 Å². The SMILES string of the molecule is CC(C)N(CC(N)=O)c1nc(NN)cn2ccnc12. The largest absolute Gasteiger partial charge is 0.368 e. The second kappa shape index (κ2) is 5.11. The third-order valence-electron chi connectivity index (χ3n) is 2.73. The topological polar surface area (TPSA) is 115 Å². The Hall–Kier alpha value is -2.35. The van der Waals surface area contributed by atoms with E-state index in [-0.39, 0.29) is 12.6 Å². The van der Waals surface area contributed by atoms with Gasteiger partial charge in [-0.25, -0.2) is 15.8 Å². The summed E-state index contributed by atoms with van der Waals surface area (Å²) in [5.41, 5.74) is 8.42. The van der Waals surface area contributed by atoms with E-state index in [0.29, 0.717) is 17.3 Å². The van der Waals surface area contributed by atoms with Crippen LogP contribution < -0.4 is 21.9 Å². The summed E-state index contributed by atoms with van der Waals surface area (Å²) in [5.74, 6) is 6.02. The molecular formula is C11H17N7O. The lowest BCUT2D eigenvalue weighted by Gasteiger charge is -2.26. The van der Waals surface area contributed by atoms with Gasteiger partial charge in [0, 0.05) is 18.4 Å². The molecule has 8 nitrogen and oxygen atoms in total. The number of anilines is 2. The Morgan fingerprint density at radius 3 is 2.89 bits per heavy atom. The van der Waals surface area contributed by atoms with Gasteiger partial charge >= 0.3 is 0 Å². The van der Waals surface area contributed by atoms with Crippen molar-refractivity contribution in [1.82, 2.24) is 14.4 Å². The Labute approximate surface area is 110 Å². The number of nitrogens with zero attached hydrogens (tertiary/aromatic N) is 4. The Morgan fingerprint density at radius 1 is 1.58 bits per heavy atom. The smallest absolute Gasteiger partial charge is 0.237 e. The second-order valence-corrected chi connectivity index (χ2v) is 4.44. The number of aromatic nitrogens is 3. The normalized spacial score (nSPS) is 10.9. The fourth-order valence-corrected chi connectivity index (χ4v) is 1.85. The minimum absolute atomic E-state index is 0.0496. The van der Waals surface area contributed by atoms with Crippen LogP contribution in [0.25, 0.3) is 5.65 Å². The van der Waals surface area contributed by atoms with Crippen molar-refractivity contribution in [1.29, 1.82) is 0 Å². The van der Waals surface area contributed by atoms with Gasteiger partial charge in [0.2, 0.25) is 5.91 Å². The van der Waals surface area contributed by atoms with E-state index < -0.39 is 5.91 Å². The van der Waals surface area contributed by atoms with Crippen LogP contribution in [0.1, 0.15) is 13.8 Å². The molecule has 2 aromatic heterocycles. The Balaban J connectivity index is 2.56. The molecule has 0 aromatic carbocycles. The van der Waals surface area contributed by atoms with Crippen molar-refractivity contribution in [2.45, 2.75) is 19.9 Å². The molecule has 0 bridgehead atoms. The number of hydrazine groups is 1. The standard InChI is InChI=1S/C11H17N7O/c1-7(2)18(5-8(12)19)11-10-14-3-4-17(10)6-9(15-11)16-13/h3-4,6-7,16H,5,13H2,1-2H3,(H2,12,19). The lowest BCUT2D eigenvalue weighted by Crippen LogP contribution is -2.39. The predicted octanol–water partition coefficient (Wildman–Crippen LogP) is -0.285. The summed E-state index contributed by atoms with van der Waals surface area (Å²) < 4.78 is 1.79. The van der Waals surface area contributed by atoms with E-state index >= 15 is 0 Å². The summed E-state index contributed by atoms with van der Waals surface area (Å²) in [6, 6.07) is 0.0496. The minimum atomic E-state index is -0.425. The van der Waals surface area contributed by atoms with E-state index in [1.54, 1.807) is 27.9 Å². The highest BCUT2D eigenvalue weighted by atomic mass is 16.1. The molecule has 0 unspecified atom stereocenters. The molecule has 2 aromatic rings. The van der Waals surface area contributed by atoms with Gasteiger partial charge in [-0.1, -0.05) is 0 Å². The van der Waals surface area contributed by atoms with Crippen molar-refractivity contribution in [3.63, 3.8) is 0 Å². The maximum absolute atomic E-state index is 11.2. The summed E-state index contributed by atoms with van der Waals surface area (Å²) in [7, 11) is 0. The van der Waals surface area contributed by atoms with Crippen LogP contribution in [0, 0.1) is 0 Å². The molecule has 0 fully saturated rings. The predicted molar refractivity (Wildman–Crippen MR) is 72.5 cm³/mol. The molecule has 0 atom stereocenters. The number of carbonyl (C=O) groups is 1. The zero-order valence-electron chi connectivity index (χ0n) is 10.9. The zero-order chi connectivity index (χ0) is 14.0. The fourth-order valence-electron chi connectivity index (χ4n) is 1.85. The van der Waals surface area contributed by atoms with E-state index in [4.69, 9.17) is 11.6 Å². The van der Waals surface area contributed by atoms with Gasteiger partial charge in [0.05, 0.1) is 12.7 Å². The van der Waals surface area contributed by atoms with E-state index in [1.807, 2.05) is 13.8 Å². The highest BCUT2D eigenvalue weighted by molar-refractivity contribution is 5.81. The minimum Gasteiger partial charge on any atom is -0.368 e. The van der Waals surface area contributed by atoms with Crippen molar-refractivity contribution in [3.8, 4) is 0 Å². The summed E-state index contributed by atoms with van der Waals surface area (Å²) >= 11 is 0. The van der Waals surface area contributed by atoms with Crippen molar-refractivity contribution in [3.05, 3.63) is 18.6 Å². The van der Waals surface area contributed by atoms with Crippen molar-refractivity contribution in [2.24, 2.45) is 11.6 Å². The van der Waals surface area contributed by atoms with Gasteiger partial charge in [0.15, 0.2) is 17.3 Å². The van der Waals surface area contributed by atoms with Gasteiger partial charge in [-0.3, -0.25) is 4.79 Å². The van der Waals surface area contributed by atoms with E-state index in [0.717, 1.165) is 0 Å². The average Bonchev–Trinajstić information content (AvgIpc) is 2.82. The fraction of sp³-hybridized carbons (Fsp3) is 0.364. The van der Waals surface area contributed by atoms with E-state index in [9.17, 15) is 4.79 Å². The van der Waals surface area contributed by atoms with Crippen molar-refractivity contribution in [2.75, 3.05) is 16.9 Å². The van der Waals surface area contributed by atoms with Crippen molar-refractivity contribution < 1.29 is 4.79 Å². The van der Waals surface area contributed by atoms with Crippen LogP contribution in [0.2, 0.25) is 0 Å². The molecule has 19 heavy (non-hydrogen) atoms. The Bertz CT molecular complexity index is 592. The van der Waals surface area contributed by atoms with Gasteiger partial charge in [0.25, 0.3) is 0 Å². The molecule has 0 spiro atoms. The van der Waals surface area contributed by atoms with Crippen LogP contribution in [-0.4, -0.2) is 32.9 Å². The van der Waals surface area contributed by atoms with Crippen LogP contribution in [0.4, 0.5) is 11.6 Å². The second-order valence-electron chi connectivity index (χ2n) is 4.44. The monoisotopic (exact) mass is 263 g/mol. The summed E-state index contributed by atoms with van der Waals surface area (Å²) in [6.45, 7) is 3.97. The molecule has 0 radical (unpaired) electrons. The van der Waals surface area contributed by atoms with E-state index in [2.05, 4.69) is 15.4 Å². The first kappa shape index (κ1) is 13.1. The summed E-state index contributed by atoms with van der Waals surface area (Å²) in [6.07, 6.45) is 5.16. The highest BCUT2D eigenvalue weighted by Crippen LogP contribution is 2.22. The number of hydrogen-bond donors (Lipinski definition) is 3. The number of nitrogens with two attached hydrogens (primary N) is 2. The molecule has 0 aliphatic carbocycles. The third kappa shape index (κ3) is 2.58. The van der Waals surface area contributed by atoms with Crippen LogP contribution in [0.15, 0.2) is 18.6 Å². The van der Waals surface area contributed by atoms with Gasteiger partial charge in [-0.05, 0) is 13.8 Å². The number of amides is 1. The number of imidazole rings is 1. The number of hydrogen-bond acceptors (Lipinski definition) is 6. The Kier molecular flexibility index (Phi) is 3.52. The van der Waals surface area contributed by atoms with Crippen molar-refractivity contribution >= 4 is 23.2 Å². The van der Waals surface area contributed by atoms with Crippen LogP contribution in [0.5, 0.6) is 0 Å². The lowest BCUT2D eigenvalue weighted by molar-refractivity contribution is -0.116. The molecule has 102 valence electrons. The molecule has 5 N–H and O–H groups in total. The van der Waals surface area contributed by atoms with Crippen LogP contribution >= 0.6 is 0 Å². The summed E-state index contributed by atoms with van der Waals surface area (Å²) in [4.78, 5) is 21.6. The number of primary amides is 1. The van der Waals surface area contributed by atoms with Gasteiger partial charge in [-0.15, -0.1) is 0 Å². The molecule has 0 saturated carbocycles. The highest BCUT2D eigenvalue weighted by Gasteiger charge is 2.19. The molecule has 2 heterocycles. The average molecular weight is 263 g/mol. The van der Waals surface area contributed by atoms with Crippen LogP contribution in [0.3, 0.4) is 0 Å². The number of nitrogen functional groups attached to an aromatic ring is 1. The quantitative estimate of drug-likeness (QED) is 0.504. The summed E-state index contributed by atoms with van der Waals surface area (Å²) in [5, 5.41) is 0. The van der Waals surface area contributed by atoms with Gasteiger partial charge in [-0.2, -0.15) is 0 Å². The number of carbonyl (C=O) groups excluding carboxylic acids is 1. The molecule has 1 amide bonds. The maximum atomic E-state index is 11.2. The lowest BCUT2D eigenvalue weighted by atomic mass is 10.3. The first-order chi connectivity index (χ1) is 9.02. The first-order valence-electron chi connectivity index (χ1n) is 5.88. The number of rotatable bonds is 5. The first-order valence-corrected chi connectivity index (χ1v) is 5.88. The maximum Gasteiger partial charge on any atom is 0.237 e. The third-order valence-corrected chi connectivity index (χ3v) is 2.73. The number of fused-ring (bicyclic) bond motifs is 1. The molecule has 8 heteroatoms. The van der Waals surface area contributed by atoms with Crippen LogP contribution in [-0.2, 0) is 4.79 Å². The molecule has 0 saturated heterocycles. The molecule has 2 rings (SSSR count). The van der Waals surface area contributed by atoms with Gasteiger partial charge in [0.1, 0.15) is 0 Å². The Morgan fingerprint density at radius 2 is 2.32 bits per heavy atom. The number of nitrogens with one attached hydrogen (secondary N) is 1. The molecule has 0 aliphatic heterocycles. The molecular weight excluding hydrogens is 246 g/mol. The molecule has 0 aliphatic rings. The van der Waals surface area contributed by atoms with E-state index in [1.165, 1.54) is 0 Å². The zero-order valence-corrected chi connectivity index (χ0v) is 10.9.